The lowest BCUT2D eigenvalue weighted by Crippen LogP contribution is -2.54. The van der Waals surface area contributed by atoms with Crippen LogP contribution < -0.4 is 26.0 Å². The minimum atomic E-state index is -1.08. The zero-order valence-corrected chi connectivity index (χ0v) is 35.2. The van der Waals surface area contributed by atoms with Gasteiger partial charge in [-0.25, -0.2) is 9.97 Å². The number of aromatic amines is 1. The van der Waals surface area contributed by atoms with Gasteiger partial charge in [0.15, 0.2) is 5.78 Å². The number of fused-ring (bicyclic) bond motifs is 2. The number of nitrogens with zero attached hydrogens (tertiary/aromatic N) is 3. The number of aromatic nitrogens is 3. The maximum Gasteiger partial charge on any atom is 0.264 e. The van der Waals surface area contributed by atoms with E-state index in [0.717, 1.165) is 4.90 Å². The zero-order valence-electron chi connectivity index (χ0n) is 34.5. The number of halogens is 1. The van der Waals surface area contributed by atoms with Crippen LogP contribution in [0.3, 0.4) is 0 Å². The molecular weight excluding hydrogens is 852 g/mol. The molecule has 2 aromatic heterocycles. The predicted molar refractivity (Wildman–Crippen MR) is 232 cm³/mol. The lowest BCUT2D eigenvalue weighted by Gasteiger charge is -2.27. The summed E-state index contributed by atoms with van der Waals surface area (Å²) in [7, 11) is 0. The molecule has 1 saturated heterocycles. The summed E-state index contributed by atoms with van der Waals surface area (Å²) >= 11 is 6.54. The van der Waals surface area contributed by atoms with Gasteiger partial charge in [-0.15, -0.1) is 0 Å². The van der Waals surface area contributed by atoms with Crippen LogP contribution in [0.2, 0.25) is 5.02 Å². The quantitative estimate of drug-likeness (QED) is 0.0337. The molecule has 19 nitrogen and oxygen atoms in total. The molecular formula is C44H45ClN8O11. The Hall–Kier alpha value is -6.77. The van der Waals surface area contributed by atoms with Crippen molar-refractivity contribution in [1.29, 1.82) is 0 Å². The van der Waals surface area contributed by atoms with Crippen molar-refractivity contribution < 1.29 is 52.5 Å². The number of nitrogens with one attached hydrogen (secondary N) is 5. The lowest BCUT2D eigenvalue weighted by atomic mass is 10.0. The number of carbonyl (C=O) groups excluding carboxylic acids is 6. The first-order chi connectivity index (χ1) is 31.2. The first-order valence-electron chi connectivity index (χ1n) is 20.5. The summed E-state index contributed by atoms with van der Waals surface area (Å²) in [4.78, 5) is 88.7. The van der Waals surface area contributed by atoms with E-state index >= 15 is 0 Å². The molecule has 20 heteroatoms. The molecule has 5 N–H and O–H groups in total. The fourth-order valence-electron chi connectivity index (χ4n) is 6.96. The van der Waals surface area contributed by atoms with E-state index in [1.54, 1.807) is 36.5 Å². The Morgan fingerprint density at radius 1 is 0.766 bits per heavy atom. The van der Waals surface area contributed by atoms with Gasteiger partial charge >= 0.3 is 0 Å². The maximum atomic E-state index is 13.6. The number of ether oxygens (including phenoxy) is 5. The second-order valence-corrected chi connectivity index (χ2v) is 14.7. The largest absolute Gasteiger partial charge is 0.457 e. The number of rotatable bonds is 24. The SMILES string of the molecule is O=C(CNc1cccc2c1C(=O)N(C1CCC(=O)NC1=O)C2=O)NCCOCCOCCOCCOCCNc1ncnc2[nH]cc(C(=O)c3ccc(Oc4ccccc4)cc3Cl)c12. The fourth-order valence-corrected chi connectivity index (χ4v) is 7.21. The number of imide groups is 2. The molecule has 5 aromatic rings. The van der Waals surface area contributed by atoms with E-state index in [2.05, 4.69) is 36.2 Å². The minimum Gasteiger partial charge on any atom is -0.457 e. The van der Waals surface area contributed by atoms with Crippen molar-refractivity contribution in [2.75, 3.05) is 83.1 Å². The number of amides is 5. The number of piperidine rings is 1. The lowest BCUT2D eigenvalue weighted by molar-refractivity contribution is -0.136. The monoisotopic (exact) mass is 896 g/mol. The van der Waals surface area contributed by atoms with E-state index in [4.69, 9.17) is 35.3 Å². The van der Waals surface area contributed by atoms with Gasteiger partial charge in [-0.2, -0.15) is 0 Å². The summed E-state index contributed by atoms with van der Waals surface area (Å²) in [5, 5.41) is 11.8. The van der Waals surface area contributed by atoms with Gasteiger partial charge in [-0.05, 0) is 42.8 Å². The van der Waals surface area contributed by atoms with E-state index in [1.807, 2.05) is 30.3 Å². The summed E-state index contributed by atoms with van der Waals surface area (Å²) in [6.45, 7) is 3.15. The minimum absolute atomic E-state index is 0.0168. The van der Waals surface area contributed by atoms with Gasteiger partial charge in [0.2, 0.25) is 17.7 Å². The highest BCUT2D eigenvalue weighted by Crippen LogP contribution is 2.33. The summed E-state index contributed by atoms with van der Waals surface area (Å²) < 4.78 is 28.1. The van der Waals surface area contributed by atoms with E-state index in [-0.39, 0.29) is 66.1 Å². The standard InChI is InChI=1S/C44H45ClN8O11/c45-32-23-28(64-27-5-2-1-3-6-27)9-10-29(32)39(56)31-24-49-41-38(31)40(50-26-51-41)47-14-16-61-18-20-63-22-21-62-19-17-60-15-13-46-36(55)25-48-33-8-4-7-30-37(33)44(59)53(43(30)58)34-11-12-35(54)52-42(34)57/h1-10,23-24,26,34,48H,11-22,25H2,(H,46,55)(H,52,54,57)(H2,47,49,50,51). The molecule has 0 spiro atoms. The van der Waals surface area contributed by atoms with Gasteiger partial charge < -0.3 is 44.6 Å². The van der Waals surface area contributed by atoms with Gasteiger partial charge in [-0.3, -0.25) is 39.0 Å². The molecule has 64 heavy (non-hydrogen) atoms. The van der Waals surface area contributed by atoms with Gasteiger partial charge in [0, 0.05) is 43.0 Å². The average molecular weight is 897 g/mol. The summed E-state index contributed by atoms with van der Waals surface area (Å²) in [5.74, 6) is -1.47. The van der Waals surface area contributed by atoms with E-state index in [1.165, 1.54) is 12.4 Å². The van der Waals surface area contributed by atoms with Crippen LogP contribution in [0.4, 0.5) is 11.5 Å². The first-order valence-corrected chi connectivity index (χ1v) is 20.9. The van der Waals surface area contributed by atoms with Crippen LogP contribution in [-0.4, -0.2) is 134 Å². The van der Waals surface area contributed by atoms with E-state index in [0.29, 0.717) is 92.3 Å². The highest BCUT2D eigenvalue weighted by molar-refractivity contribution is 6.36. The summed E-state index contributed by atoms with van der Waals surface area (Å²) in [5.41, 5.74) is 1.64. The number of benzene rings is 3. The Morgan fingerprint density at radius 2 is 1.48 bits per heavy atom. The van der Waals surface area contributed by atoms with Gasteiger partial charge in [0.05, 0.1) is 86.5 Å². The predicted octanol–water partition coefficient (Wildman–Crippen LogP) is 3.74. The molecule has 0 radical (unpaired) electrons. The average Bonchev–Trinajstić information content (AvgIpc) is 3.84. The molecule has 3 aromatic carbocycles. The molecule has 4 heterocycles. The number of hydrogen-bond acceptors (Lipinski definition) is 15. The van der Waals surface area contributed by atoms with Gasteiger partial charge in [0.25, 0.3) is 11.8 Å². The second-order valence-electron chi connectivity index (χ2n) is 14.3. The van der Waals surface area contributed by atoms with Crippen LogP contribution in [-0.2, 0) is 33.3 Å². The highest BCUT2D eigenvalue weighted by atomic mass is 35.5. The third kappa shape index (κ3) is 11.2. The Labute approximate surface area is 371 Å². The van der Waals surface area contributed by atoms with Crippen molar-refractivity contribution >= 4 is 69.5 Å². The molecule has 1 unspecified atom stereocenters. The Morgan fingerprint density at radius 3 is 2.20 bits per heavy atom. The van der Waals surface area contributed by atoms with Crippen molar-refractivity contribution in [1.82, 2.24) is 30.5 Å². The molecule has 7 rings (SSSR count). The molecule has 5 amide bonds. The van der Waals surface area contributed by atoms with Crippen LogP contribution in [0.25, 0.3) is 11.0 Å². The molecule has 0 aliphatic carbocycles. The number of hydrogen-bond donors (Lipinski definition) is 5. The van der Waals surface area contributed by atoms with Crippen molar-refractivity contribution in [3.8, 4) is 11.5 Å². The molecule has 2 aliphatic rings. The topological polar surface area (TPSA) is 241 Å². The molecule has 1 fully saturated rings. The smallest absolute Gasteiger partial charge is 0.264 e. The third-order valence-electron chi connectivity index (χ3n) is 10.0. The molecule has 2 aliphatic heterocycles. The van der Waals surface area contributed by atoms with Crippen LogP contribution in [0.1, 0.15) is 49.5 Å². The first kappa shape index (κ1) is 45.3. The number of para-hydroxylation sites is 1. The number of anilines is 2. The number of H-pyrrole nitrogens is 1. The van der Waals surface area contributed by atoms with E-state index < -0.39 is 29.7 Å². The van der Waals surface area contributed by atoms with Crippen LogP contribution >= 0.6 is 11.6 Å². The molecule has 1 atom stereocenters. The van der Waals surface area contributed by atoms with Crippen LogP contribution in [0, 0.1) is 0 Å². The molecule has 334 valence electrons. The second kappa shape index (κ2) is 22.0. The zero-order chi connectivity index (χ0) is 44.8. The summed E-state index contributed by atoms with van der Waals surface area (Å²) in [6.07, 6.45) is 3.05. The number of ketones is 1. The maximum absolute atomic E-state index is 13.6. The van der Waals surface area contributed by atoms with Crippen molar-refractivity contribution in [2.24, 2.45) is 0 Å². The summed E-state index contributed by atoms with van der Waals surface area (Å²) in [6, 6.07) is 17.7. The van der Waals surface area contributed by atoms with Gasteiger partial charge in [0.1, 0.15) is 35.3 Å². The van der Waals surface area contributed by atoms with Crippen molar-refractivity contribution in [3.63, 3.8) is 0 Å². The molecule has 0 saturated carbocycles. The normalized spacial score (nSPS) is 14.7. The van der Waals surface area contributed by atoms with Crippen molar-refractivity contribution in [3.05, 3.63) is 107 Å². The van der Waals surface area contributed by atoms with Gasteiger partial charge in [-0.1, -0.05) is 35.9 Å². The van der Waals surface area contributed by atoms with Crippen LogP contribution in [0.5, 0.6) is 11.5 Å². The van der Waals surface area contributed by atoms with Crippen LogP contribution in [0.15, 0.2) is 79.3 Å². The highest BCUT2D eigenvalue weighted by Gasteiger charge is 2.45. The molecule has 0 bridgehead atoms. The fraction of sp³-hybridized carbons (Fsp3) is 0.318. The van der Waals surface area contributed by atoms with E-state index in [9.17, 15) is 28.8 Å². The van der Waals surface area contributed by atoms with Crippen molar-refractivity contribution in [2.45, 2.75) is 18.9 Å². The third-order valence-corrected chi connectivity index (χ3v) is 10.3. The Balaban J connectivity index is 0.711. The Bertz CT molecular complexity index is 2500. The Kier molecular flexibility index (Phi) is 15.6. The number of carbonyl (C=O) groups is 6.